The lowest BCUT2D eigenvalue weighted by Gasteiger charge is -2.20. The van der Waals surface area contributed by atoms with Crippen molar-refractivity contribution in [1.82, 2.24) is 0 Å². The maximum Gasteiger partial charge on any atom is 0.162 e. The molecule has 3 aromatic rings. The van der Waals surface area contributed by atoms with E-state index in [9.17, 15) is 0 Å². The third kappa shape index (κ3) is 49.0. The van der Waals surface area contributed by atoms with Crippen LogP contribution in [0.25, 0.3) is 0 Å². The van der Waals surface area contributed by atoms with Crippen LogP contribution in [0.4, 0.5) is 0 Å². The van der Waals surface area contributed by atoms with Crippen molar-refractivity contribution in [2.24, 2.45) is 35.5 Å². The summed E-state index contributed by atoms with van der Waals surface area (Å²) in [5.74, 6) is 29.1. The molecule has 0 aliphatic heterocycles. The highest BCUT2D eigenvalue weighted by atomic mass is 16.5. The molecule has 0 bridgehead atoms. The number of hydrogen-bond acceptors (Lipinski definition) is 6. The monoisotopic (exact) mass is 1530 g/mol. The Balaban J connectivity index is 1.89. The number of ether oxygens (including phenoxy) is 6. The standard InChI is InChI=1S/C105H174O6/c1-13-19-25-31-37-43-49-55-61-67-91(10)85-109-103-79-97-73-70-95-77-101(107-83-89(8)65-59-53-47-41-35-29-23-17-5)105(111-87-93(12)69-63-57-51-45-39-33-27-21-15-3)81-99(95)75-72-96-78-102(108-84-90(9)66-60-54-48-42-36-30-24-18-6)104(110-86-92(11)68-62-56-50-44-38-32-26-20-14-2)80-98(96)74-71-94(97)76-100(103)106-82-88(7)64-58-52-46-40-34-28-22-16-4/h76-81,88-93H,13-69,82-87H2,1-12H3/t88-,89-,90-,91+,92+,93+/m0/s1. The van der Waals surface area contributed by atoms with Crippen LogP contribution in [0.5, 0.6) is 34.5 Å². The van der Waals surface area contributed by atoms with Gasteiger partial charge in [-0.05, 0) is 74.0 Å². The fourth-order valence-electron chi connectivity index (χ4n) is 15.6. The van der Waals surface area contributed by atoms with Crippen molar-refractivity contribution >= 4 is 0 Å². The van der Waals surface area contributed by atoms with Gasteiger partial charge in [0.15, 0.2) is 34.5 Å². The summed E-state index contributed by atoms with van der Waals surface area (Å²) >= 11 is 0. The van der Waals surface area contributed by atoms with E-state index >= 15 is 0 Å². The summed E-state index contributed by atoms with van der Waals surface area (Å²) in [6, 6.07) is 12.8. The Labute approximate surface area is 688 Å². The van der Waals surface area contributed by atoms with Gasteiger partial charge in [-0.1, -0.05) is 446 Å². The summed E-state index contributed by atoms with van der Waals surface area (Å²) in [4.78, 5) is 0. The minimum absolute atomic E-state index is 0.383. The van der Waals surface area contributed by atoms with Crippen LogP contribution in [0.15, 0.2) is 36.4 Å². The van der Waals surface area contributed by atoms with Gasteiger partial charge in [-0.3, -0.25) is 0 Å². The minimum Gasteiger partial charge on any atom is -0.489 e. The zero-order valence-electron chi connectivity index (χ0n) is 74.9. The largest absolute Gasteiger partial charge is 0.489 e. The Kier molecular flexibility index (Phi) is 59.7. The highest BCUT2D eigenvalue weighted by Gasteiger charge is 2.21. The zero-order chi connectivity index (χ0) is 79.7. The van der Waals surface area contributed by atoms with Crippen molar-refractivity contribution in [3.63, 3.8) is 0 Å². The summed E-state index contributed by atoms with van der Waals surface area (Å²) in [7, 11) is 0. The third-order valence-corrected chi connectivity index (χ3v) is 23.4. The summed E-state index contributed by atoms with van der Waals surface area (Å²) in [5, 5.41) is 0. The van der Waals surface area contributed by atoms with E-state index in [1.807, 2.05) is 0 Å². The lowest BCUT2D eigenvalue weighted by Crippen LogP contribution is -2.13. The summed E-state index contributed by atoms with van der Waals surface area (Å²) in [6.07, 6.45) is 74.2. The Hall–Kier alpha value is -4.86. The Morgan fingerprint density at radius 1 is 0.171 bits per heavy atom. The second kappa shape index (κ2) is 67.3. The summed E-state index contributed by atoms with van der Waals surface area (Å²) in [5.41, 5.74) is 4.77. The molecule has 0 spiro atoms. The number of hydrogen-bond donors (Lipinski definition) is 0. The van der Waals surface area contributed by atoms with E-state index in [0.717, 1.165) is 106 Å². The lowest BCUT2D eigenvalue weighted by atomic mass is 9.99. The first-order chi connectivity index (χ1) is 54.4. The quantitative estimate of drug-likeness (QED) is 0.0324. The van der Waals surface area contributed by atoms with Gasteiger partial charge in [-0.15, -0.1) is 0 Å². The van der Waals surface area contributed by atoms with Gasteiger partial charge in [0.1, 0.15) is 0 Å². The molecule has 0 heterocycles. The Morgan fingerprint density at radius 3 is 0.396 bits per heavy atom. The lowest BCUT2D eigenvalue weighted by molar-refractivity contribution is 0.212. The topological polar surface area (TPSA) is 55.4 Å². The van der Waals surface area contributed by atoms with E-state index < -0.39 is 0 Å². The zero-order valence-corrected chi connectivity index (χ0v) is 74.9. The number of benzene rings is 3. The molecule has 630 valence electrons. The molecule has 4 rings (SSSR count). The van der Waals surface area contributed by atoms with Gasteiger partial charge < -0.3 is 28.4 Å². The molecule has 6 heteroatoms. The van der Waals surface area contributed by atoms with Crippen molar-refractivity contribution in [3.05, 3.63) is 69.8 Å². The van der Waals surface area contributed by atoms with Crippen LogP contribution in [0.1, 0.15) is 482 Å². The van der Waals surface area contributed by atoms with Crippen LogP contribution in [0.2, 0.25) is 0 Å². The maximum absolute atomic E-state index is 7.03. The molecule has 0 unspecified atom stereocenters. The van der Waals surface area contributed by atoms with E-state index in [2.05, 4.69) is 155 Å². The second-order valence-corrected chi connectivity index (χ2v) is 35.4. The van der Waals surface area contributed by atoms with Gasteiger partial charge in [0.2, 0.25) is 0 Å². The minimum atomic E-state index is 0.383. The normalized spacial score (nSPS) is 13.3. The van der Waals surface area contributed by atoms with E-state index in [1.165, 1.54) is 327 Å². The van der Waals surface area contributed by atoms with Crippen LogP contribution < -0.4 is 28.4 Å². The predicted molar refractivity (Wildman–Crippen MR) is 482 cm³/mol. The first-order valence-corrected chi connectivity index (χ1v) is 48.3. The van der Waals surface area contributed by atoms with Gasteiger partial charge in [0, 0.05) is 69.8 Å². The molecule has 0 amide bonds. The highest BCUT2D eigenvalue weighted by Crippen LogP contribution is 2.38. The Morgan fingerprint density at radius 2 is 0.279 bits per heavy atom. The molecule has 0 radical (unpaired) electrons. The van der Waals surface area contributed by atoms with E-state index in [4.69, 9.17) is 28.4 Å². The predicted octanol–water partition coefficient (Wildman–Crippen LogP) is 32.6. The molecule has 0 aromatic heterocycles. The smallest absolute Gasteiger partial charge is 0.162 e. The van der Waals surface area contributed by atoms with E-state index in [1.54, 1.807) is 0 Å². The molecular weight excluding hydrogens is 1360 g/mol. The van der Waals surface area contributed by atoms with Crippen molar-refractivity contribution in [2.45, 2.75) is 449 Å². The molecular formula is C105H174O6. The van der Waals surface area contributed by atoms with Gasteiger partial charge >= 0.3 is 0 Å². The van der Waals surface area contributed by atoms with Gasteiger partial charge in [-0.2, -0.15) is 0 Å². The SMILES string of the molecule is CCCCCCCCCCC[C@@H](C)COc1cc2c(cc1OC[C@@H](C)CCCCCCCCCC)C#Cc1cc(OC[C@H](C)CCCCCCCCCCC)c(OC[C@@H](C)CCCCCCCCCC)cc1C#Cc1cc(OC[C@H](C)CCCCCCCCCCC)c(OC[C@@H](C)CCCCCCCCCC)cc1C#C2. The molecule has 0 saturated carbocycles. The molecule has 3 aromatic carbocycles. The van der Waals surface area contributed by atoms with Gasteiger partial charge in [0.25, 0.3) is 0 Å². The van der Waals surface area contributed by atoms with Crippen molar-refractivity contribution in [3.8, 4) is 70.0 Å². The van der Waals surface area contributed by atoms with Crippen molar-refractivity contribution in [1.29, 1.82) is 0 Å². The molecule has 1 aliphatic rings. The van der Waals surface area contributed by atoms with Crippen LogP contribution in [0.3, 0.4) is 0 Å². The van der Waals surface area contributed by atoms with E-state index in [0.29, 0.717) is 75.1 Å². The number of unbranched alkanes of at least 4 members (excludes halogenated alkanes) is 45. The van der Waals surface area contributed by atoms with Crippen molar-refractivity contribution in [2.75, 3.05) is 39.6 Å². The van der Waals surface area contributed by atoms with Gasteiger partial charge in [0.05, 0.1) is 39.6 Å². The Bertz CT molecular complexity index is 2630. The molecule has 0 N–H and O–H groups in total. The van der Waals surface area contributed by atoms with Crippen LogP contribution >= 0.6 is 0 Å². The molecule has 111 heavy (non-hydrogen) atoms. The first-order valence-electron chi connectivity index (χ1n) is 48.3. The van der Waals surface area contributed by atoms with Crippen LogP contribution in [0, 0.1) is 71.0 Å². The molecule has 6 nitrogen and oxygen atoms in total. The van der Waals surface area contributed by atoms with Crippen LogP contribution in [-0.2, 0) is 0 Å². The summed E-state index contributed by atoms with van der Waals surface area (Å²) < 4.78 is 42.2. The maximum atomic E-state index is 7.03. The first kappa shape index (κ1) is 98.5. The molecule has 0 fully saturated rings. The fourth-order valence-corrected chi connectivity index (χ4v) is 15.6. The second-order valence-electron chi connectivity index (χ2n) is 35.4. The average molecular weight is 1530 g/mol. The molecule has 1 aliphatic carbocycles. The fraction of sp³-hybridized carbons (Fsp3) is 0.771. The van der Waals surface area contributed by atoms with Crippen LogP contribution in [-0.4, -0.2) is 39.6 Å². The van der Waals surface area contributed by atoms with Gasteiger partial charge in [-0.25, -0.2) is 0 Å². The number of fused-ring (bicyclic) bond motifs is 3. The molecule has 0 saturated heterocycles. The molecule has 6 atom stereocenters. The number of rotatable bonds is 75. The summed E-state index contributed by atoms with van der Waals surface area (Å²) in [6.45, 7) is 31.6. The van der Waals surface area contributed by atoms with Crippen molar-refractivity contribution < 1.29 is 28.4 Å². The average Bonchev–Trinajstić information content (AvgIpc) is 0.800. The highest BCUT2D eigenvalue weighted by molar-refractivity contribution is 5.67. The third-order valence-electron chi connectivity index (χ3n) is 23.4. The van der Waals surface area contributed by atoms with E-state index in [-0.39, 0.29) is 0 Å².